The van der Waals surface area contributed by atoms with E-state index in [1.165, 1.54) is 0 Å². The Balaban J connectivity index is 2.09. The van der Waals surface area contributed by atoms with Gasteiger partial charge in [-0.3, -0.25) is 0 Å². The topological polar surface area (TPSA) is 22.4 Å². The van der Waals surface area contributed by atoms with Crippen molar-refractivity contribution in [1.29, 1.82) is 0 Å². The summed E-state index contributed by atoms with van der Waals surface area (Å²) in [6.45, 7) is 4.85. The summed E-state index contributed by atoms with van der Waals surface area (Å²) >= 11 is 0. The molecule has 60 valence electrons. The molecule has 2 nitrogen and oxygen atoms in total. The monoisotopic (exact) mass is 152 g/mol. The van der Waals surface area contributed by atoms with Gasteiger partial charge >= 0.3 is 0 Å². The lowest BCUT2D eigenvalue weighted by Gasteiger charge is -1.97. The summed E-state index contributed by atoms with van der Waals surface area (Å²) < 4.78 is 10.3. The van der Waals surface area contributed by atoms with Gasteiger partial charge in [-0.05, 0) is 12.1 Å². The lowest BCUT2D eigenvalue weighted by Crippen LogP contribution is -1.96. The van der Waals surface area contributed by atoms with E-state index in [1.807, 2.05) is 12.1 Å². The average molecular weight is 152 g/mol. The van der Waals surface area contributed by atoms with Gasteiger partial charge in [-0.2, -0.15) is 0 Å². The molecule has 1 aromatic heterocycles. The van der Waals surface area contributed by atoms with Crippen LogP contribution in [0.1, 0.15) is 5.76 Å². The first-order valence-electron chi connectivity index (χ1n) is 3.64. The molecule has 1 heterocycles. The van der Waals surface area contributed by atoms with Crippen LogP contribution in [-0.2, 0) is 11.2 Å². The first kappa shape index (κ1) is 8.08. The first-order valence-corrected chi connectivity index (χ1v) is 3.64. The molecule has 0 spiro atoms. The molecule has 0 amide bonds. The van der Waals surface area contributed by atoms with E-state index in [-0.39, 0.29) is 0 Å². The SMILES string of the molecule is C=CCOCCc1ccco1. The second kappa shape index (κ2) is 4.74. The molecule has 1 aromatic rings. The summed E-state index contributed by atoms with van der Waals surface area (Å²) in [6.07, 6.45) is 4.24. The lowest BCUT2D eigenvalue weighted by atomic mass is 10.3. The molecule has 0 fully saturated rings. The molecule has 0 radical (unpaired) electrons. The van der Waals surface area contributed by atoms with Crippen LogP contribution in [0.3, 0.4) is 0 Å². The van der Waals surface area contributed by atoms with Gasteiger partial charge in [0, 0.05) is 6.42 Å². The van der Waals surface area contributed by atoms with Gasteiger partial charge < -0.3 is 9.15 Å². The van der Waals surface area contributed by atoms with E-state index < -0.39 is 0 Å². The maximum atomic E-state index is 5.18. The predicted molar refractivity (Wildman–Crippen MR) is 43.4 cm³/mol. The van der Waals surface area contributed by atoms with Gasteiger partial charge in [0.2, 0.25) is 0 Å². The van der Waals surface area contributed by atoms with Crippen LogP contribution >= 0.6 is 0 Å². The molecule has 0 bridgehead atoms. The minimum Gasteiger partial charge on any atom is -0.469 e. The highest BCUT2D eigenvalue weighted by molar-refractivity contribution is 4.97. The van der Waals surface area contributed by atoms with Gasteiger partial charge in [-0.1, -0.05) is 6.08 Å². The molecule has 0 saturated heterocycles. The fraction of sp³-hybridized carbons (Fsp3) is 0.333. The lowest BCUT2D eigenvalue weighted by molar-refractivity contribution is 0.161. The normalized spacial score (nSPS) is 9.82. The van der Waals surface area contributed by atoms with Crippen LogP contribution in [0.4, 0.5) is 0 Å². The zero-order valence-corrected chi connectivity index (χ0v) is 6.45. The fourth-order valence-corrected chi connectivity index (χ4v) is 0.794. The molecule has 0 aromatic carbocycles. The summed E-state index contributed by atoms with van der Waals surface area (Å²) in [4.78, 5) is 0. The number of ether oxygens (including phenoxy) is 1. The van der Waals surface area contributed by atoms with Gasteiger partial charge in [-0.15, -0.1) is 6.58 Å². The molecule has 0 aliphatic heterocycles. The van der Waals surface area contributed by atoms with Crippen LogP contribution in [0.5, 0.6) is 0 Å². The molecule has 11 heavy (non-hydrogen) atoms. The largest absolute Gasteiger partial charge is 0.469 e. The van der Waals surface area contributed by atoms with E-state index in [4.69, 9.17) is 9.15 Å². The van der Waals surface area contributed by atoms with Crippen molar-refractivity contribution in [1.82, 2.24) is 0 Å². The Bertz CT molecular complexity index is 189. The molecule has 1 rings (SSSR count). The van der Waals surface area contributed by atoms with Gasteiger partial charge in [0.15, 0.2) is 0 Å². The third kappa shape index (κ3) is 3.05. The van der Waals surface area contributed by atoms with Crippen LogP contribution in [0.2, 0.25) is 0 Å². The highest BCUT2D eigenvalue weighted by Gasteiger charge is 1.93. The first-order chi connectivity index (χ1) is 5.43. The van der Waals surface area contributed by atoms with Crippen molar-refractivity contribution in [3.05, 3.63) is 36.8 Å². The summed E-state index contributed by atoms with van der Waals surface area (Å²) in [5.74, 6) is 0.967. The molecule has 0 atom stereocenters. The second-order valence-electron chi connectivity index (χ2n) is 2.19. The molecular formula is C9H12O2. The van der Waals surface area contributed by atoms with E-state index in [0.29, 0.717) is 13.2 Å². The van der Waals surface area contributed by atoms with E-state index >= 15 is 0 Å². The molecule has 0 N–H and O–H groups in total. The van der Waals surface area contributed by atoms with Crippen LogP contribution in [0.25, 0.3) is 0 Å². The molecule has 0 unspecified atom stereocenters. The van der Waals surface area contributed by atoms with E-state index in [9.17, 15) is 0 Å². The Kier molecular flexibility index (Phi) is 3.48. The molecule has 0 saturated carbocycles. The highest BCUT2D eigenvalue weighted by Crippen LogP contribution is 2.00. The van der Waals surface area contributed by atoms with Crippen LogP contribution < -0.4 is 0 Å². The average Bonchev–Trinajstić information content (AvgIpc) is 2.50. The maximum Gasteiger partial charge on any atom is 0.106 e. The quantitative estimate of drug-likeness (QED) is 0.475. The summed E-state index contributed by atoms with van der Waals surface area (Å²) in [5, 5.41) is 0. The Morgan fingerprint density at radius 1 is 1.64 bits per heavy atom. The maximum absolute atomic E-state index is 5.18. The Morgan fingerprint density at radius 2 is 2.55 bits per heavy atom. The van der Waals surface area contributed by atoms with Crippen LogP contribution in [-0.4, -0.2) is 13.2 Å². The highest BCUT2D eigenvalue weighted by atomic mass is 16.5. The zero-order chi connectivity index (χ0) is 7.94. The van der Waals surface area contributed by atoms with Gasteiger partial charge in [0.1, 0.15) is 5.76 Å². The zero-order valence-electron chi connectivity index (χ0n) is 6.45. The van der Waals surface area contributed by atoms with Crippen molar-refractivity contribution in [2.45, 2.75) is 6.42 Å². The van der Waals surface area contributed by atoms with E-state index in [0.717, 1.165) is 12.2 Å². The van der Waals surface area contributed by atoms with Gasteiger partial charge in [0.05, 0.1) is 19.5 Å². The molecule has 0 aliphatic rings. The molecule has 2 heteroatoms. The van der Waals surface area contributed by atoms with Crippen molar-refractivity contribution >= 4 is 0 Å². The smallest absolute Gasteiger partial charge is 0.106 e. The van der Waals surface area contributed by atoms with E-state index in [1.54, 1.807) is 12.3 Å². The number of furan rings is 1. The van der Waals surface area contributed by atoms with Crippen molar-refractivity contribution in [2.24, 2.45) is 0 Å². The second-order valence-corrected chi connectivity index (χ2v) is 2.19. The van der Waals surface area contributed by atoms with E-state index in [2.05, 4.69) is 6.58 Å². The molecular weight excluding hydrogens is 140 g/mol. The Labute approximate surface area is 66.5 Å². The standard InChI is InChI=1S/C9H12O2/c1-2-6-10-8-5-9-4-3-7-11-9/h2-4,7H,1,5-6,8H2. The van der Waals surface area contributed by atoms with Crippen molar-refractivity contribution < 1.29 is 9.15 Å². The minimum absolute atomic E-state index is 0.612. The van der Waals surface area contributed by atoms with Crippen molar-refractivity contribution in [3.8, 4) is 0 Å². The fourth-order valence-electron chi connectivity index (χ4n) is 0.794. The summed E-state index contributed by atoms with van der Waals surface area (Å²) in [5.41, 5.74) is 0. The minimum atomic E-state index is 0.612. The van der Waals surface area contributed by atoms with Crippen LogP contribution in [0.15, 0.2) is 35.5 Å². The Morgan fingerprint density at radius 3 is 3.18 bits per heavy atom. The number of rotatable bonds is 5. The Hall–Kier alpha value is -1.02. The van der Waals surface area contributed by atoms with Gasteiger partial charge in [0.25, 0.3) is 0 Å². The third-order valence-electron chi connectivity index (χ3n) is 1.31. The predicted octanol–water partition coefficient (Wildman–Crippen LogP) is 2.02. The summed E-state index contributed by atoms with van der Waals surface area (Å²) in [6, 6.07) is 3.82. The third-order valence-corrected chi connectivity index (χ3v) is 1.31. The van der Waals surface area contributed by atoms with Crippen LogP contribution in [0, 0.1) is 0 Å². The van der Waals surface area contributed by atoms with Gasteiger partial charge in [-0.25, -0.2) is 0 Å². The summed E-state index contributed by atoms with van der Waals surface area (Å²) in [7, 11) is 0. The number of hydrogen-bond acceptors (Lipinski definition) is 2. The number of hydrogen-bond donors (Lipinski definition) is 0. The van der Waals surface area contributed by atoms with Crippen molar-refractivity contribution in [3.63, 3.8) is 0 Å². The van der Waals surface area contributed by atoms with Crippen molar-refractivity contribution in [2.75, 3.05) is 13.2 Å². The molecule has 0 aliphatic carbocycles.